The zero-order chi connectivity index (χ0) is 6.85. The maximum Gasteiger partial charge on any atom is 0.198 e. The van der Waals surface area contributed by atoms with Crippen LogP contribution in [0.2, 0.25) is 0 Å². The Labute approximate surface area is 82.5 Å². The van der Waals surface area contributed by atoms with Crippen LogP contribution < -0.4 is 18.1 Å². The molecule has 1 rings (SSSR count). The Balaban J connectivity index is 0. The quantitative estimate of drug-likeness (QED) is 0.439. The van der Waals surface area contributed by atoms with E-state index in [1.54, 1.807) is 0 Å². The van der Waals surface area contributed by atoms with Crippen molar-refractivity contribution in [3.05, 3.63) is 0 Å². The zero-order valence-corrected chi connectivity index (χ0v) is 8.77. The van der Waals surface area contributed by atoms with E-state index in [2.05, 4.69) is 6.26 Å². The minimum Gasteiger partial charge on any atom is -1.00 e. The first-order valence-corrected chi connectivity index (χ1v) is 5.04. The smallest absolute Gasteiger partial charge is 0.198 e. The summed E-state index contributed by atoms with van der Waals surface area (Å²) in [7, 11) is 0.329. The molecule has 0 aromatic carbocycles. The fraction of sp³-hybridized carbons (Fsp3) is 0.833. The van der Waals surface area contributed by atoms with Crippen molar-refractivity contribution in [1.82, 2.24) is 0 Å². The molecule has 1 saturated heterocycles. The number of Topliss-reactive ketones (excluding diaryl/α,β-unsaturated/α-hetero) is 1. The van der Waals surface area contributed by atoms with E-state index in [-0.39, 0.29) is 36.6 Å². The Morgan fingerprint density at radius 1 is 1.64 bits per heavy atom. The van der Waals surface area contributed by atoms with Crippen molar-refractivity contribution >= 4 is 29.1 Å². The first-order chi connectivity index (χ1) is 4.20. The Morgan fingerprint density at radius 3 is 2.55 bits per heavy atom. The van der Waals surface area contributed by atoms with Gasteiger partial charge in [0.1, 0.15) is 5.75 Å². The lowest BCUT2D eigenvalue weighted by Gasteiger charge is -2.14. The number of nitrogens with two attached hydrogens (primary N) is 1. The van der Waals surface area contributed by atoms with Crippen LogP contribution in [0.3, 0.4) is 0 Å². The molecule has 1 fully saturated rings. The fourth-order valence-electron chi connectivity index (χ4n) is 0.911. The van der Waals surface area contributed by atoms with Gasteiger partial charge in [-0.25, -0.2) is 0 Å². The van der Waals surface area contributed by atoms with E-state index in [1.165, 1.54) is 0 Å². The summed E-state index contributed by atoms with van der Waals surface area (Å²) < 4.78 is 0. The predicted molar refractivity (Wildman–Crippen MR) is 47.9 cm³/mol. The molecule has 1 aliphatic heterocycles. The van der Waals surface area contributed by atoms with Gasteiger partial charge < -0.3 is 18.1 Å². The van der Waals surface area contributed by atoms with Crippen molar-refractivity contribution in [1.29, 1.82) is 0 Å². The highest BCUT2D eigenvalue weighted by atomic mass is 35.5. The maximum atomic E-state index is 10.9. The number of rotatable bonds is 0. The van der Waals surface area contributed by atoms with Gasteiger partial charge in [-0.2, -0.15) is 0 Å². The van der Waals surface area contributed by atoms with Crippen LogP contribution in [0.5, 0.6) is 0 Å². The van der Waals surface area contributed by atoms with Crippen LogP contribution >= 0.6 is 12.4 Å². The third-order valence-corrected chi connectivity index (χ3v) is 3.29. The largest absolute Gasteiger partial charge is 1.00 e. The second-order valence-corrected chi connectivity index (χ2v) is 4.75. The molecule has 11 heavy (non-hydrogen) atoms. The van der Waals surface area contributed by atoms with Crippen LogP contribution in [0.4, 0.5) is 0 Å². The van der Waals surface area contributed by atoms with Gasteiger partial charge in [-0.15, -0.1) is 12.4 Å². The highest BCUT2D eigenvalue weighted by molar-refractivity contribution is 7.96. The summed E-state index contributed by atoms with van der Waals surface area (Å²) in [5.74, 6) is 2.13. The van der Waals surface area contributed by atoms with Crippen molar-refractivity contribution in [3.8, 4) is 0 Å². The molecule has 1 aliphatic rings. The molecule has 68 valence electrons. The van der Waals surface area contributed by atoms with Crippen LogP contribution in [0.25, 0.3) is 0 Å². The molecule has 2 nitrogen and oxygen atoms in total. The highest BCUT2D eigenvalue weighted by Crippen LogP contribution is 2.06. The number of hydrogen-bond acceptors (Lipinski definition) is 2. The van der Waals surface area contributed by atoms with Crippen LogP contribution in [-0.2, 0) is 15.7 Å². The summed E-state index contributed by atoms with van der Waals surface area (Å²) in [4.78, 5) is 10.9. The van der Waals surface area contributed by atoms with E-state index < -0.39 is 0 Å². The third kappa shape index (κ3) is 4.21. The molecule has 2 atom stereocenters. The molecule has 0 aromatic rings. The molecule has 2 N–H and O–H groups in total. The summed E-state index contributed by atoms with van der Waals surface area (Å²) in [6, 6.07) is -0.145. The zero-order valence-electron chi connectivity index (χ0n) is 6.38. The minimum absolute atomic E-state index is 0. The van der Waals surface area contributed by atoms with Gasteiger partial charge in [0, 0.05) is 6.42 Å². The van der Waals surface area contributed by atoms with Crippen molar-refractivity contribution < 1.29 is 17.2 Å². The summed E-state index contributed by atoms with van der Waals surface area (Å²) in [6.07, 6.45) is 3.03. The van der Waals surface area contributed by atoms with Gasteiger partial charge in [-0.3, -0.25) is 4.79 Å². The van der Waals surface area contributed by atoms with Crippen LogP contribution in [0.1, 0.15) is 6.42 Å². The average Bonchev–Trinajstić information content (AvgIpc) is 1.80. The molecule has 2 unspecified atom stereocenters. The van der Waals surface area contributed by atoms with Gasteiger partial charge in [-0.1, -0.05) is 0 Å². The average molecular weight is 218 g/mol. The van der Waals surface area contributed by atoms with E-state index in [1.807, 2.05) is 0 Å². The van der Waals surface area contributed by atoms with Crippen molar-refractivity contribution in [2.45, 2.75) is 12.5 Å². The summed E-state index contributed by atoms with van der Waals surface area (Å²) in [5, 5.41) is 0. The maximum absolute atomic E-state index is 10.9. The Morgan fingerprint density at radius 2 is 2.18 bits per heavy atom. The number of carbonyl (C=O) groups excluding carboxylic acids is 1. The van der Waals surface area contributed by atoms with Crippen molar-refractivity contribution in [2.24, 2.45) is 5.73 Å². The lowest BCUT2D eigenvalue weighted by atomic mass is 10.2. The van der Waals surface area contributed by atoms with Gasteiger partial charge in [0.15, 0.2) is 11.5 Å². The molecule has 0 bridgehead atoms. The topological polar surface area (TPSA) is 43.1 Å². The standard InChI is InChI=1S/C6H12NOS.2ClH/c1-9-3-2-5(7)6(8)4-9;;/h5H,2-4,7H2,1H3;2*1H/q+1;;/p-1. The number of carbonyl (C=O) groups is 1. The van der Waals surface area contributed by atoms with Crippen molar-refractivity contribution in [2.75, 3.05) is 17.8 Å². The lowest BCUT2D eigenvalue weighted by Crippen LogP contribution is -3.00. The van der Waals surface area contributed by atoms with Gasteiger partial charge in [0.05, 0.1) is 12.3 Å². The van der Waals surface area contributed by atoms with Crippen LogP contribution in [-0.4, -0.2) is 29.6 Å². The van der Waals surface area contributed by atoms with Gasteiger partial charge in [-0.05, 0) is 10.9 Å². The second-order valence-electron chi connectivity index (χ2n) is 2.49. The Bertz CT molecular complexity index is 134. The second kappa shape index (κ2) is 6.12. The Kier molecular flexibility index (Phi) is 7.84. The van der Waals surface area contributed by atoms with Gasteiger partial charge in [0.25, 0.3) is 0 Å². The number of halogens is 2. The number of ketones is 1. The molecule has 0 spiro atoms. The fourth-order valence-corrected chi connectivity index (χ4v) is 2.41. The van der Waals surface area contributed by atoms with Gasteiger partial charge >= 0.3 is 0 Å². The molecule has 5 heteroatoms. The molecule has 0 saturated carbocycles. The van der Waals surface area contributed by atoms with Crippen molar-refractivity contribution in [3.63, 3.8) is 0 Å². The van der Waals surface area contributed by atoms with E-state index in [9.17, 15) is 4.79 Å². The molecule has 0 amide bonds. The predicted octanol–water partition coefficient (Wildman–Crippen LogP) is -3.04. The van der Waals surface area contributed by atoms with Crippen LogP contribution in [0, 0.1) is 0 Å². The summed E-state index contributed by atoms with van der Waals surface area (Å²) in [6.45, 7) is 0. The van der Waals surface area contributed by atoms with E-state index >= 15 is 0 Å². The third-order valence-electron chi connectivity index (χ3n) is 1.58. The van der Waals surface area contributed by atoms with E-state index in [4.69, 9.17) is 5.73 Å². The van der Waals surface area contributed by atoms with Gasteiger partial charge in [0.2, 0.25) is 0 Å². The first-order valence-electron chi connectivity index (χ1n) is 3.07. The lowest BCUT2D eigenvalue weighted by molar-refractivity contribution is -0.118. The molecule has 0 aliphatic carbocycles. The summed E-state index contributed by atoms with van der Waals surface area (Å²) >= 11 is 0. The molecular formula is C6H13Cl2NOS. The SMILES string of the molecule is C[S+]1CCC(N)C(=O)C1.Cl.[Cl-]. The highest BCUT2D eigenvalue weighted by Gasteiger charge is 2.28. The molecule has 0 aromatic heterocycles. The first kappa shape index (κ1) is 14.1. The minimum atomic E-state index is -0.145. The van der Waals surface area contributed by atoms with E-state index in [0.29, 0.717) is 10.9 Å². The monoisotopic (exact) mass is 217 g/mol. The van der Waals surface area contributed by atoms with Crippen LogP contribution in [0.15, 0.2) is 0 Å². The molecule has 1 heterocycles. The Hall–Kier alpha value is 0.560. The normalized spacial score (nSPS) is 30.2. The molecular weight excluding hydrogens is 205 g/mol. The number of hydrogen-bond donors (Lipinski definition) is 1. The van der Waals surface area contributed by atoms with E-state index in [0.717, 1.165) is 17.9 Å². The molecule has 0 radical (unpaired) electrons. The summed E-state index contributed by atoms with van der Waals surface area (Å²) in [5.41, 5.74) is 5.50.